The topological polar surface area (TPSA) is 80.8 Å². The summed E-state index contributed by atoms with van der Waals surface area (Å²) in [6, 6.07) is 9.87. The highest BCUT2D eigenvalue weighted by Gasteiger charge is 2.38. The first-order chi connectivity index (χ1) is 15.9. The summed E-state index contributed by atoms with van der Waals surface area (Å²) in [5.41, 5.74) is 3.61. The van der Waals surface area contributed by atoms with E-state index in [0.29, 0.717) is 11.3 Å². The number of hydrogen-bond acceptors (Lipinski definition) is 6. The van der Waals surface area contributed by atoms with Crippen LogP contribution in [-0.4, -0.2) is 55.4 Å². The van der Waals surface area contributed by atoms with E-state index in [1.807, 2.05) is 18.2 Å². The Morgan fingerprint density at radius 3 is 2.52 bits per heavy atom. The average molecular weight is 488 g/mol. The van der Waals surface area contributed by atoms with Gasteiger partial charge in [0.05, 0.1) is 11.5 Å². The van der Waals surface area contributed by atoms with Crippen molar-refractivity contribution < 1.29 is 22.7 Å². The van der Waals surface area contributed by atoms with Crippen LogP contribution in [-0.2, 0) is 32.2 Å². The van der Waals surface area contributed by atoms with Gasteiger partial charge in [0.25, 0.3) is 5.91 Å². The van der Waals surface area contributed by atoms with E-state index in [0.717, 1.165) is 55.4 Å². The quantitative estimate of drug-likeness (QED) is 0.595. The van der Waals surface area contributed by atoms with Gasteiger partial charge in [-0.05, 0) is 54.9 Å². The predicted molar refractivity (Wildman–Crippen MR) is 128 cm³/mol. The molecular weight excluding hydrogens is 458 g/mol. The summed E-state index contributed by atoms with van der Waals surface area (Å²) in [5.74, 6) is -0.622. The van der Waals surface area contributed by atoms with Gasteiger partial charge in [0.1, 0.15) is 4.88 Å². The van der Waals surface area contributed by atoms with Gasteiger partial charge in [-0.2, -0.15) is 0 Å². The summed E-state index contributed by atoms with van der Waals surface area (Å²) < 4.78 is 29.6. The van der Waals surface area contributed by atoms with Crippen LogP contribution < -0.4 is 0 Å². The van der Waals surface area contributed by atoms with Crippen LogP contribution in [0.5, 0.6) is 0 Å². The lowest BCUT2D eigenvalue weighted by atomic mass is 9.91. The van der Waals surface area contributed by atoms with E-state index in [1.165, 1.54) is 22.5 Å². The first-order valence-electron chi connectivity index (χ1n) is 11.8. The van der Waals surface area contributed by atoms with Crippen molar-refractivity contribution in [1.82, 2.24) is 4.90 Å². The summed E-state index contributed by atoms with van der Waals surface area (Å²) >= 11 is 1.42. The molecule has 0 radical (unpaired) electrons. The molecule has 8 heteroatoms. The van der Waals surface area contributed by atoms with Gasteiger partial charge in [-0.15, -0.1) is 11.3 Å². The summed E-state index contributed by atoms with van der Waals surface area (Å²) in [7, 11) is -3.11. The van der Waals surface area contributed by atoms with Crippen LogP contribution in [0.1, 0.15) is 59.3 Å². The van der Waals surface area contributed by atoms with Crippen LogP contribution in [0.15, 0.2) is 30.3 Å². The number of thiophene rings is 1. The van der Waals surface area contributed by atoms with Crippen LogP contribution in [0.2, 0.25) is 0 Å². The van der Waals surface area contributed by atoms with E-state index in [4.69, 9.17) is 4.74 Å². The highest BCUT2D eigenvalue weighted by molar-refractivity contribution is 7.91. The zero-order chi connectivity index (χ0) is 23.0. The van der Waals surface area contributed by atoms with Crippen molar-refractivity contribution >= 4 is 33.1 Å². The molecule has 2 aromatic rings. The Balaban J connectivity index is 1.28. The van der Waals surface area contributed by atoms with E-state index >= 15 is 0 Å². The molecule has 33 heavy (non-hydrogen) atoms. The lowest BCUT2D eigenvalue weighted by Gasteiger charge is -2.38. The van der Waals surface area contributed by atoms with Gasteiger partial charge >= 0.3 is 5.97 Å². The Bertz CT molecular complexity index is 1160. The van der Waals surface area contributed by atoms with Gasteiger partial charge in [0.15, 0.2) is 16.4 Å². The number of aryl methyl sites for hydroxylation is 2. The van der Waals surface area contributed by atoms with Crippen molar-refractivity contribution in [2.45, 2.75) is 63.5 Å². The number of benzene rings is 1. The molecule has 0 bridgehead atoms. The molecule has 3 aliphatic rings. The normalized spacial score (nSPS) is 21.8. The lowest BCUT2D eigenvalue weighted by Crippen LogP contribution is -2.50. The molecule has 2 fully saturated rings. The lowest BCUT2D eigenvalue weighted by molar-refractivity contribution is -0.139. The van der Waals surface area contributed by atoms with E-state index < -0.39 is 15.8 Å². The standard InChI is InChI=1S/C25H29NO5S2/c27-23(26(19-7-2-1-3-8-19)20-12-13-33(29,30)16-20)15-31-25(28)22-14-18-11-10-17-6-4-5-9-21(17)24(18)32-22/h4-6,9,14,19-20H,1-3,7-8,10-13,15-16H2. The van der Waals surface area contributed by atoms with E-state index in [2.05, 4.69) is 12.1 Å². The smallest absolute Gasteiger partial charge is 0.348 e. The number of hydrogen-bond donors (Lipinski definition) is 0. The Hall–Kier alpha value is -2.19. The minimum atomic E-state index is -3.11. The Morgan fingerprint density at radius 2 is 1.76 bits per heavy atom. The molecule has 1 aliphatic heterocycles. The second-order valence-corrected chi connectivity index (χ2v) is 12.6. The molecule has 2 aliphatic carbocycles. The third-order valence-electron chi connectivity index (χ3n) is 7.12. The molecule has 176 valence electrons. The molecule has 1 saturated heterocycles. The molecule has 0 spiro atoms. The van der Waals surface area contributed by atoms with Crippen molar-refractivity contribution in [1.29, 1.82) is 0 Å². The van der Waals surface area contributed by atoms with Crippen molar-refractivity contribution in [3.8, 4) is 10.4 Å². The molecule has 1 amide bonds. The summed E-state index contributed by atoms with van der Waals surface area (Å²) in [5, 5.41) is 0. The average Bonchev–Trinajstić information content (AvgIpc) is 3.41. The van der Waals surface area contributed by atoms with Crippen molar-refractivity contribution in [3.63, 3.8) is 0 Å². The van der Waals surface area contributed by atoms with E-state index in [1.54, 1.807) is 4.90 Å². The highest BCUT2D eigenvalue weighted by Crippen LogP contribution is 2.39. The number of fused-ring (bicyclic) bond motifs is 3. The third-order valence-corrected chi connectivity index (χ3v) is 10.1. The van der Waals surface area contributed by atoms with Crippen LogP contribution in [0.25, 0.3) is 10.4 Å². The van der Waals surface area contributed by atoms with Crippen molar-refractivity contribution in [2.75, 3.05) is 18.1 Å². The van der Waals surface area contributed by atoms with Gasteiger partial charge < -0.3 is 9.64 Å². The third kappa shape index (κ3) is 4.73. The number of nitrogens with zero attached hydrogens (tertiary/aromatic N) is 1. The second-order valence-electron chi connectivity index (χ2n) is 9.35. The molecular formula is C25H29NO5S2. The maximum Gasteiger partial charge on any atom is 0.348 e. The Kier molecular flexibility index (Phi) is 6.31. The summed E-state index contributed by atoms with van der Waals surface area (Å²) in [4.78, 5) is 29.4. The number of esters is 1. The summed E-state index contributed by atoms with van der Waals surface area (Å²) in [6.45, 7) is -0.342. The maximum absolute atomic E-state index is 13.2. The highest BCUT2D eigenvalue weighted by atomic mass is 32.2. The number of carbonyl (C=O) groups is 2. The number of ether oxygens (including phenoxy) is 1. The van der Waals surface area contributed by atoms with E-state index in [-0.39, 0.29) is 36.1 Å². The fraction of sp³-hybridized carbons (Fsp3) is 0.520. The minimum Gasteiger partial charge on any atom is -0.451 e. The monoisotopic (exact) mass is 487 g/mol. The van der Waals surface area contributed by atoms with Gasteiger partial charge in [-0.3, -0.25) is 4.79 Å². The van der Waals surface area contributed by atoms with Gasteiger partial charge in [-0.1, -0.05) is 43.5 Å². The van der Waals surface area contributed by atoms with E-state index in [9.17, 15) is 18.0 Å². The largest absolute Gasteiger partial charge is 0.451 e. The molecule has 0 N–H and O–H groups in total. The fourth-order valence-electron chi connectivity index (χ4n) is 5.50. The second kappa shape index (κ2) is 9.22. The zero-order valence-corrected chi connectivity index (χ0v) is 20.3. The Labute approximate surface area is 198 Å². The molecule has 1 saturated carbocycles. The number of amides is 1. The summed E-state index contributed by atoms with van der Waals surface area (Å²) in [6.07, 6.45) is 7.29. The zero-order valence-electron chi connectivity index (χ0n) is 18.6. The van der Waals surface area contributed by atoms with Gasteiger partial charge in [-0.25, -0.2) is 13.2 Å². The van der Waals surface area contributed by atoms with Crippen LogP contribution in [0.4, 0.5) is 0 Å². The maximum atomic E-state index is 13.2. The minimum absolute atomic E-state index is 0.0141. The van der Waals surface area contributed by atoms with Crippen molar-refractivity contribution in [2.24, 2.45) is 0 Å². The molecule has 1 atom stereocenters. The van der Waals surface area contributed by atoms with Gasteiger partial charge in [0.2, 0.25) is 0 Å². The van der Waals surface area contributed by atoms with Crippen LogP contribution in [0.3, 0.4) is 0 Å². The first kappa shape index (κ1) is 22.6. The molecule has 1 unspecified atom stereocenters. The number of carbonyl (C=O) groups excluding carboxylic acids is 2. The molecule has 1 aromatic heterocycles. The van der Waals surface area contributed by atoms with Crippen LogP contribution >= 0.6 is 11.3 Å². The molecule has 6 nitrogen and oxygen atoms in total. The van der Waals surface area contributed by atoms with Gasteiger partial charge in [0, 0.05) is 17.0 Å². The molecule has 1 aromatic carbocycles. The first-order valence-corrected chi connectivity index (χ1v) is 14.4. The molecule has 5 rings (SSSR count). The van der Waals surface area contributed by atoms with Crippen LogP contribution in [0, 0.1) is 0 Å². The SMILES string of the molecule is O=C(OCC(=O)N(C1CCCCC1)C1CCS(=O)(=O)C1)c1cc2c(s1)-c1ccccc1CC2. The molecule has 2 heterocycles. The number of sulfone groups is 1. The number of rotatable bonds is 5. The predicted octanol–water partition coefficient (Wildman–Crippen LogP) is 4.02. The van der Waals surface area contributed by atoms with Crippen molar-refractivity contribution in [3.05, 3.63) is 46.3 Å². The fourth-order valence-corrected chi connectivity index (χ4v) is 8.38. The Morgan fingerprint density at radius 1 is 1.00 bits per heavy atom.